The highest BCUT2D eigenvalue weighted by atomic mass is 16.1. The first kappa shape index (κ1) is 16.0. The Balaban J connectivity index is 1.62. The average molecular weight is 319 g/mol. The van der Waals surface area contributed by atoms with Gasteiger partial charge in [0.25, 0.3) is 0 Å². The number of fused-ring (bicyclic) bond motifs is 1. The fraction of sp³-hybridized carbons (Fsp3) is 0.200. The first-order valence-electron chi connectivity index (χ1n) is 8.13. The Bertz CT molecular complexity index is 836. The minimum absolute atomic E-state index is 0.0348. The molecule has 0 spiro atoms. The lowest BCUT2D eigenvalue weighted by molar-refractivity contribution is -0.120. The van der Waals surface area contributed by atoms with Crippen LogP contribution in [0.4, 0.5) is 0 Å². The van der Waals surface area contributed by atoms with Gasteiger partial charge in [-0.3, -0.25) is 4.79 Å². The highest BCUT2D eigenvalue weighted by Gasteiger charge is 2.10. The Hall–Kier alpha value is -2.88. The lowest BCUT2D eigenvalue weighted by Gasteiger charge is -2.08. The third-order valence-electron chi connectivity index (χ3n) is 3.92. The van der Waals surface area contributed by atoms with E-state index in [1.54, 1.807) is 0 Å². The Morgan fingerprint density at radius 3 is 2.67 bits per heavy atom. The smallest absolute Gasteiger partial charge is 0.224 e. The summed E-state index contributed by atoms with van der Waals surface area (Å²) in [6.45, 7) is 5.11. The van der Waals surface area contributed by atoms with E-state index >= 15 is 0 Å². The summed E-state index contributed by atoms with van der Waals surface area (Å²) < 4.78 is 2.14. The van der Waals surface area contributed by atoms with Gasteiger partial charge < -0.3 is 9.88 Å². The predicted octanol–water partition coefficient (Wildman–Crippen LogP) is 3.12. The molecule has 1 heterocycles. The SMILES string of the molecule is C=CCn1c(CCNC(=O)Cc2ccccc2)nc2ccccc21. The second-order valence-electron chi connectivity index (χ2n) is 5.68. The summed E-state index contributed by atoms with van der Waals surface area (Å²) in [6, 6.07) is 17.8. The van der Waals surface area contributed by atoms with Crippen molar-refractivity contribution < 1.29 is 4.79 Å². The van der Waals surface area contributed by atoms with Gasteiger partial charge in [-0.15, -0.1) is 6.58 Å². The summed E-state index contributed by atoms with van der Waals surface area (Å²) in [6.07, 6.45) is 2.97. The molecule has 0 unspecified atom stereocenters. The highest BCUT2D eigenvalue weighted by molar-refractivity contribution is 5.78. The molecule has 1 aromatic heterocycles. The van der Waals surface area contributed by atoms with Gasteiger partial charge in [0.1, 0.15) is 5.82 Å². The van der Waals surface area contributed by atoms with Crippen molar-refractivity contribution in [3.05, 3.63) is 78.6 Å². The quantitative estimate of drug-likeness (QED) is 0.680. The van der Waals surface area contributed by atoms with Crippen molar-refractivity contribution in [2.24, 2.45) is 0 Å². The first-order chi connectivity index (χ1) is 11.8. The van der Waals surface area contributed by atoms with Crippen LogP contribution in [0.1, 0.15) is 11.4 Å². The second-order valence-corrected chi connectivity index (χ2v) is 5.68. The van der Waals surface area contributed by atoms with E-state index in [0.29, 0.717) is 25.9 Å². The minimum Gasteiger partial charge on any atom is -0.355 e. The third-order valence-corrected chi connectivity index (χ3v) is 3.92. The number of allylic oxidation sites excluding steroid dienone is 1. The molecule has 3 aromatic rings. The summed E-state index contributed by atoms with van der Waals surface area (Å²) >= 11 is 0. The van der Waals surface area contributed by atoms with Crippen molar-refractivity contribution in [2.45, 2.75) is 19.4 Å². The largest absolute Gasteiger partial charge is 0.355 e. The molecule has 1 N–H and O–H groups in total. The number of nitrogens with zero attached hydrogens (tertiary/aromatic N) is 2. The zero-order valence-corrected chi connectivity index (χ0v) is 13.6. The molecule has 24 heavy (non-hydrogen) atoms. The van der Waals surface area contributed by atoms with Gasteiger partial charge in [-0.1, -0.05) is 48.5 Å². The topological polar surface area (TPSA) is 46.9 Å². The highest BCUT2D eigenvalue weighted by Crippen LogP contribution is 2.16. The molecular weight excluding hydrogens is 298 g/mol. The Morgan fingerprint density at radius 2 is 1.88 bits per heavy atom. The number of rotatable bonds is 7. The molecule has 0 saturated heterocycles. The maximum Gasteiger partial charge on any atom is 0.224 e. The number of hydrogen-bond acceptors (Lipinski definition) is 2. The second kappa shape index (κ2) is 7.59. The van der Waals surface area contributed by atoms with Crippen LogP contribution in [0.25, 0.3) is 11.0 Å². The summed E-state index contributed by atoms with van der Waals surface area (Å²) in [5.41, 5.74) is 3.10. The van der Waals surface area contributed by atoms with Crippen LogP contribution in [0.15, 0.2) is 67.3 Å². The van der Waals surface area contributed by atoms with Crippen molar-refractivity contribution in [1.29, 1.82) is 0 Å². The van der Waals surface area contributed by atoms with Gasteiger partial charge in [-0.2, -0.15) is 0 Å². The molecule has 0 bridgehead atoms. The van der Waals surface area contributed by atoms with Crippen molar-refractivity contribution in [2.75, 3.05) is 6.54 Å². The monoisotopic (exact) mass is 319 g/mol. The molecular formula is C20H21N3O. The number of aromatic nitrogens is 2. The summed E-state index contributed by atoms with van der Waals surface area (Å²) in [4.78, 5) is 16.7. The van der Waals surface area contributed by atoms with Gasteiger partial charge in [0.05, 0.1) is 17.5 Å². The van der Waals surface area contributed by atoms with Crippen LogP contribution in [-0.2, 0) is 24.2 Å². The first-order valence-corrected chi connectivity index (χ1v) is 8.13. The van der Waals surface area contributed by atoms with E-state index in [1.807, 2.05) is 54.6 Å². The van der Waals surface area contributed by atoms with E-state index in [1.165, 1.54) is 0 Å². The average Bonchev–Trinajstić information content (AvgIpc) is 2.94. The molecule has 0 atom stereocenters. The number of benzene rings is 2. The van der Waals surface area contributed by atoms with Crippen LogP contribution in [0.5, 0.6) is 0 Å². The molecule has 122 valence electrons. The standard InChI is InChI=1S/C20H21N3O/c1-2-14-23-18-11-7-6-10-17(18)22-19(23)12-13-21-20(24)15-16-8-4-3-5-9-16/h2-11H,1,12-15H2,(H,21,24). The van der Waals surface area contributed by atoms with E-state index in [2.05, 4.69) is 27.5 Å². The molecule has 3 rings (SSSR count). The van der Waals surface area contributed by atoms with Gasteiger partial charge in [0.15, 0.2) is 0 Å². The van der Waals surface area contributed by atoms with Crippen LogP contribution < -0.4 is 5.32 Å². The molecule has 0 saturated carbocycles. The lowest BCUT2D eigenvalue weighted by Crippen LogP contribution is -2.27. The number of nitrogens with one attached hydrogen (secondary N) is 1. The van der Waals surface area contributed by atoms with Crippen molar-refractivity contribution in [3.63, 3.8) is 0 Å². The van der Waals surface area contributed by atoms with Crippen molar-refractivity contribution >= 4 is 16.9 Å². The molecule has 0 aliphatic rings. The Morgan fingerprint density at radius 1 is 1.12 bits per heavy atom. The van der Waals surface area contributed by atoms with E-state index in [9.17, 15) is 4.79 Å². The molecule has 0 aliphatic heterocycles. The van der Waals surface area contributed by atoms with E-state index in [-0.39, 0.29) is 5.91 Å². The van der Waals surface area contributed by atoms with E-state index < -0.39 is 0 Å². The van der Waals surface area contributed by atoms with Gasteiger partial charge in [-0.05, 0) is 17.7 Å². The molecule has 4 nitrogen and oxygen atoms in total. The molecule has 0 radical (unpaired) electrons. The summed E-state index contributed by atoms with van der Waals surface area (Å²) in [5, 5.41) is 2.98. The van der Waals surface area contributed by atoms with Crippen molar-refractivity contribution in [1.82, 2.24) is 14.9 Å². The lowest BCUT2D eigenvalue weighted by atomic mass is 10.1. The molecule has 0 aliphatic carbocycles. The molecule has 0 fully saturated rings. The molecule has 1 amide bonds. The van der Waals surface area contributed by atoms with E-state index in [0.717, 1.165) is 22.4 Å². The number of imidazole rings is 1. The van der Waals surface area contributed by atoms with Crippen LogP contribution in [0.2, 0.25) is 0 Å². The van der Waals surface area contributed by atoms with Gasteiger partial charge in [0.2, 0.25) is 5.91 Å². The maximum atomic E-state index is 12.0. The Labute approximate surface area is 141 Å². The number of amides is 1. The van der Waals surface area contributed by atoms with Crippen molar-refractivity contribution in [3.8, 4) is 0 Å². The number of carbonyl (C=O) groups excluding carboxylic acids is 1. The minimum atomic E-state index is 0.0348. The molecule has 2 aromatic carbocycles. The normalized spacial score (nSPS) is 10.7. The van der Waals surface area contributed by atoms with Gasteiger partial charge in [-0.25, -0.2) is 4.98 Å². The number of hydrogen-bond donors (Lipinski definition) is 1. The number of carbonyl (C=O) groups is 1. The van der Waals surface area contributed by atoms with Crippen LogP contribution in [0, 0.1) is 0 Å². The van der Waals surface area contributed by atoms with Crippen LogP contribution in [0.3, 0.4) is 0 Å². The maximum absolute atomic E-state index is 12.0. The van der Waals surface area contributed by atoms with Crippen LogP contribution >= 0.6 is 0 Å². The summed E-state index contributed by atoms with van der Waals surface area (Å²) in [5.74, 6) is 1.00. The fourth-order valence-corrected chi connectivity index (χ4v) is 2.81. The number of para-hydroxylation sites is 2. The zero-order valence-electron chi connectivity index (χ0n) is 13.6. The van der Waals surface area contributed by atoms with E-state index in [4.69, 9.17) is 0 Å². The fourth-order valence-electron chi connectivity index (χ4n) is 2.81. The van der Waals surface area contributed by atoms with Gasteiger partial charge in [0, 0.05) is 19.5 Å². The summed E-state index contributed by atoms with van der Waals surface area (Å²) in [7, 11) is 0. The molecule has 4 heteroatoms. The predicted molar refractivity (Wildman–Crippen MR) is 96.8 cm³/mol. The van der Waals surface area contributed by atoms with Gasteiger partial charge >= 0.3 is 0 Å². The zero-order chi connectivity index (χ0) is 16.8. The Kier molecular flexibility index (Phi) is 5.06. The van der Waals surface area contributed by atoms with Crippen LogP contribution in [-0.4, -0.2) is 22.0 Å². The third kappa shape index (κ3) is 3.71.